The largest absolute Gasteiger partial charge is 0.330 e. The molecular formula is C23H28FN3O3S. The zero-order valence-corrected chi connectivity index (χ0v) is 18.6. The molecular weight excluding hydrogens is 417 g/mol. The molecule has 2 aromatic carbocycles. The van der Waals surface area contributed by atoms with E-state index in [0.717, 1.165) is 25.7 Å². The summed E-state index contributed by atoms with van der Waals surface area (Å²) in [7, 11) is 4.20. The fourth-order valence-electron chi connectivity index (χ4n) is 5.07. The van der Waals surface area contributed by atoms with Crippen LogP contribution in [0.1, 0.15) is 36.8 Å². The Morgan fingerprint density at radius 1 is 1.13 bits per heavy atom. The van der Waals surface area contributed by atoms with E-state index in [1.165, 1.54) is 22.6 Å². The van der Waals surface area contributed by atoms with E-state index >= 15 is 0 Å². The van der Waals surface area contributed by atoms with Crippen molar-refractivity contribution in [2.24, 2.45) is 0 Å². The minimum absolute atomic E-state index is 0.0858. The Bertz CT molecular complexity index is 991. The van der Waals surface area contributed by atoms with Crippen molar-refractivity contribution in [1.82, 2.24) is 10.2 Å². The molecule has 1 spiro atoms. The van der Waals surface area contributed by atoms with Crippen molar-refractivity contribution in [3.05, 3.63) is 65.5 Å². The first kappa shape index (κ1) is 21.9. The zero-order chi connectivity index (χ0) is 22.2. The molecule has 2 fully saturated rings. The summed E-state index contributed by atoms with van der Waals surface area (Å²) >= 11 is -2.04. The number of hydrogen-bond acceptors (Lipinski definition) is 3. The Balaban J connectivity index is 1.53. The van der Waals surface area contributed by atoms with Crippen LogP contribution in [0.4, 0.5) is 14.9 Å². The van der Waals surface area contributed by atoms with Crippen molar-refractivity contribution in [2.75, 3.05) is 25.5 Å². The van der Waals surface area contributed by atoms with Crippen molar-refractivity contribution in [1.29, 1.82) is 0 Å². The van der Waals surface area contributed by atoms with Gasteiger partial charge >= 0.3 is 6.03 Å². The Morgan fingerprint density at radius 2 is 1.81 bits per heavy atom. The van der Waals surface area contributed by atoms with Crippen LogP contribution in [0.15, 0.2) is 48.5 Å². The Labute approximate surface area is 184 Å². The first-order valence-electron chi connectivity index (χ1n) is 10.4. The Hall–Kier alpha value is -2.29. The average molecular weight is 446 g/mol. The highest BCUT2D eigenvalue weighted by molar-refractivity contribution is 7.78. The lowest BCUT2D eigenvalue weighted by atomic mass is 9.69. The average Bonchev–Trinajstić information content (AvgIpc) is 3.04. The lowest BCUT2D eigenvalue weighted by Crippen LogP contribution is -2.54. The molecule has 2 aliphatic rings. The molecule has 1 unspecified atom stereocenters. The molecule has 4 rings (SSSR count). The van der Waals surface area contributed by atoms with E-state index in [4.69, 9.17) is 4.55 Å². The maximum Gasteiger partial charge on any atom is 0.322 e. The van der Waals surface area contributed by atoms with Gasteiger partial charge in [-0.2, -0.15) is 0 Å². The van der Waals surface area contributed by atoms with Crippen LogP contribution in [0.2, 0.25) is 0 Å². The SMILES string of the molecule is CN(C)C1(c2ccccc2)CCC2(CC1)CN(c1ccc(CS(=O)O)cc1F)C(=O)N2. The van der Waals surface area contributed by atoms with Gasteiger partial charge in [0.2, 0.25) is 0 Å². The van der Waals surface area contributed by atoms with Gasteiger partial charge in [0, 0.05) is 5.54 Å². The molecule has 166 valence electrons. The summed E-state index contributed by atoms with van der Waals surface area (Å²) in [6.45, 7) is 0.409. The maximum atomic E-state index is 14.7. The molecule has 1 aliphatic carbocycles. The molecule has 2 aromatic rings. The monoisotopic (exact) mass is 445 g/mol. The summed E-state index contributed by atoms with van der Waals surface area (Å²) in [5.74, 6) is -0.697. The fourth-order valence-corrected chi connectivity index (χ4v) is 5.54. The van der Waals surface area contributed by atoms with Gasteiger partial charge in [-0.1, -0.05) is 36.4 Å². The van der Waals surface area contributed by atoms with Gasteiger partial charge in [0.15, 0.2) is 11.1 Å². The topological polar surface area (TPSA) is 72.9 Å². The van der Waals surface area contributed by atoms with Crippen molar-refractivity contribution in [3.63, 3.8) is 0 Å². The molecule has 0 aromatic heterocycles. The van der Waals surface area contributed by atoms with Crippen LogP contribution in [0, 0.1) is 5.82 Å². The molecule has 8 heteroatoms. The molecule has 31 heavy (non-hydrogen) atoms. The zero-order valence-electron chi connectivity index (χ0n) is 17.8. The van der Waals surface area contributed by atoms with E-state index in [9.17, 15) is 13.4 Å². The predicted octanol–water partition coefficient (Wildman–Crippen LogP) is 3.85. The number of rotatable bonds is 5. The first-order chi connectivity index (χ1) is 14.7. The number of nitrogens with zero attached hydrogens (tertiary/aromatic N) is 2. The summed E-state index contributed by atoms with van der Waals surface area (Å²) in [5, 5.41) is 3.13. The number of halogens is 1. The van der Waals surface area contributed by atoms with Crippen LogP contribution >= 0.6 is 0 Å². The number of urea groups is 1. The predicted molar refractivity (Wildman–Crippen MR) is 120 cm³/mol. The van der Waals surface area contributed by atoms with Crippen LogP contribution in [0.5, 0.6) is 0 Å². The van der Waals surface area contributed by atoms with Gasteiger partial charge in [0.1, 0.15) is 5.82 Å². The normalized spacial score (nSPS) is 27.0. The highest BCUT2D eigenvalue weighted by Gasteiger charge is 2.50. The third kappa shape index (κ3) is 4.12. The van der Waals surface area contributed by atoms with E-state index in [-0.39, 0.29) is 28.5 Å². The van der Waals surface area contributed by atoms with Gasteiger partial charge in [-0.05, 0) is 63.0 Å². The fraction of sp³-hybridized carbons (Fsp3) is 0.435. The van der Waals surface area contributed by atoms with Gasteiger partial charge < -0.3 is 9.87 Å². The smallest absolute Gasteiger partial charge is 0.322 e. The summed E-state index contributed by atoms with van der Waals surface area (Å²) in [6.07, 6.45) is 3.38. The lowest BCUT2D eigenvalue weighted by Gasteiger charge is -2.48. The second kappa shape index (κ2) is 8.33. The standard InChI is InChI=1S/C23H28FN3O3S/c1-26(2)23(18-6-4-3-5-7-18)12-10-22(11-13-23)16-27(21(28)25-22)20-9-8-17(14-19(20)24)15-31(29)30/h3-9,14H,10-13,15-16H2,1-2H3,(H,25,28)(H,29,30). The number of hydrogen-bond donors (Lipinski definition) is 2. The van der Waals surface area contributed by atoms with Crippen LogP contribution in [-0.2, 0) is 22.4 Å². The van der Waals surface area contributed by atoms with E-state index in [2.05, 4.69) is 48.6 Å². The molecule has 2 N–H and O–H groups in total. The van der Waals surface area contributed by atoms with E-state index in [0.29, 0.717) is 12.1 Å². The van der Waals surface area contributed by atoms with E-state index in [1.54, 1.807) is 6.07 Å². The molecule has 1 atom stereocenters. The van der Waals surface area contributed by atoms with Crippen molar-refractivity contribution < 1.29 is 17.9 Å². The molecule has 1 saturated heterocycles. The first-order valence-corrected chi connectivity index (χ1v) is 11.7. The maximum absolute atomic E-state index is 14.7. The van der Waals surface area contributed by atoms with Crippen LogP contribution in [-0.4, -0.2) is 45.9 Å². The van der Waals surface area contributed by atoms with E-state index in [1.807, 2.05) is 6.07 Å². The second-order valence-corrected chi connectivity index (χ2v) is 9.77. The lowest BCUT2D eigenvalue weighted by molar-refractivity contribution is 0.0657. The quantitative estimate of drug-likeness (QED) is 0.686. The highest BCUT2D eigenvalue weighted by Crippen LogP contribution is 2.46. The minimum Gasteiger partial charge on any atom is -0.330 e. The molecule has 1 heterocycles. The summed E-state index contributed by atoms with van der Waals surface area (Å²) in [6, 6.07) is 14.5. The number of nitrogens with one attached hydrogen (secondary N) is 1. The van der Waals surface area contributed by atoms with Crippen molar-refractivity contribution in [2.45, 2.75) is 42.5 Å². The van der Waals surface area contributed by atoms with Crippen molar-refractivity contribution >= 4 is 22.8 Å². The number of benzene rings is 2. The third-order valence-corrected chi connectivity index (χ3v) is 7.45. The minimum atomic E-state index is -2.04. The second-order valence-electron chi connectivity index (χ2n) is 8.84. The number of anilines is 1. The number of amides is 2. The molecule has 1 saturated carbocycles. The highest BCUT2D eigenvalue weighted by atomic mass is 32.2. The van der Waals surface area contributed by atoms with Crippen LogP contribution < -0.4 is 10.2 Å². The van der Waals surface area contributed by atoms with Gasteiger partial charge in [-0.3, -0.25) is 9.80 Å². The molecule has 0 bridgehead atoms. The van der Waals surface area contributed by atoms with Crippen molar-refractivity contribution in [3.8, 4) is 0 Å². The van der Waals surface area contributed by atoms with Crippen LogP contribution in [0.25, 0.3) is 0 Å². The molecule has 1 aliphatic heterocycles. The molecule has 0 radical (unpaired) electrons. The van der Waals surface area contributed by atoms with Gasteiger partial charge in [-0.15, -0.1) is 0 Å². The molecule has 2 amide bonds. The summed E-state index contributed by atoms with van der Waals surface area (Å²) in [4.78, 5) is 16.5. The summed E-state index contributed by atoms with van der Waals surface area (Å²) in [5.41, 5.74) is 1.43. The van der Waals surface area contributed by atoms with E-state index < -0.39 is 16.9 Å². The summed E-state index contributed by atoms with van der Waals surface area (Å²) < 4.78 is 34.7. The van der Waals surface area contributed by atoms with Gasteiger partial charge in [-0.25, -0.2) is 13.4 Å². The van der Waals surface area contributed by atoms with Crippen LogP contribution in [0.3, 0.4) is 0 Å². The Kier molecular flexibility index (Phi) is 5.89. The number of carbonyl (C=O) groups excluding carboxylic acids is 1. The van der Waals surface area contributed by atoms with Gasteiger partial charge in [0.25, 0.3) is 0 Å². The third-order valence-electron chi connectivity index (χ3n) is 6.87. The Morgan fingerprint density at radius 3 is 2.39 bits per heavy atom. The van der Waals surface area contributed by atoms with Gasteiger partial charge in [0.05, 0.1) is 23.5 Å². The molecule has 6 nitrogen and oxygen atoms in total. The number of carbonyl (C=O) groups is 1.